The van der Waals surface area contributed by atoms with Crippen LogP contribution in [0.3, 0.4) is 0 Å². The molecule has 2 heterocycles. The Morgan fingerprint density at radius 2 is 1.89 bits per heavy atom. The summed E-state index contributed by atoms with van der Waals surface area (Å²) >= 11 is 0. The lowest BCUT2D eigenvalue weighted by atomic mass is 10.3. The second-order valence-electron chi connectivity index (χ2n) is 3.91. The van der Waals surface area contributed by atoms with Crippen molar-refractivity contribution in [3.63, 3.8) is 0 Å². The largest absolute Gasteiger partial charge is 0.370 e. The molecular formula is C11H17N7. The van der Waals surface area contributed by atoms with Crippen LogP contribution in [-0.2, 0) is 13.6 Å². The van der Waals surface area contributed by atoms with Gasteiger partial charge in [-0.2, -0.15) is 5.10 Å². The third-order valence-electron chi connectivity index (χ3n) is 2.49. The highest BCUT2D eigenvalue weighted by Crippen LogP contribution is 2.18. The predicted molar refractivity (Wildman–Crippen MR) is 69.3 cm³/mol. The molecule has 0 spiro atoms. The SMILES string of the molecule is CCNc1ncnc(NCc2ncn(C)n2)c1C. The third-order valence-corrected chi connectivity index (χ3v) is 2.49. The fraction of sp³-hybridized carbons (Fsp3) is 0.455. The summed E-state index contributed by atoms with van der Waals surface area (Å²) in [5, 5.41) is 10.6. The first-order valence-corrected chi connectivity index (χ1v) is 5.84. The van der Waals surface area contributed by atoms with Crippen LogP contribution in [0.5, 0.6) is 0 Å². The van der Waals surface area contributed by atoms with Gasteiger partial charge >= 0.3 is 0 Å². The van der Waals surface area contributed by atoms with E-state index >= 15 is 0 Å². The van der Waals surface area contributed by atoms with Gasteiger partial charge in [0, 0.05) is 19.2 Å². The predicted octanol–water partition coefficient (Wildman–Crippen LogP) is 0.957. The van der Waals surface area contributed by atoms with Gasteiger partial charge in [-0.25, -0.2) is 15.0 Å². The Morgan fingerprint density at radius 3 is 2.50 bits per heavy atom. The van der Waals surface area contributed by atoms with Gasteiger partial charge in [0.15, 0.2) is 5.82 Å². The van der Waals surface area contributed by atoms with Crippen molar-refractivity contribution in [3.05, 3.63) is 24.0 Å². The first-order valence-electron chi connectivity index (χ1n) is 5.84. The van der Waals surface area contributed by atoms with Gasteiger partial charge in [-0.15, -0.1) is 0 Å². The van der Waals surface area contributed by atoms with Gasteiger partial charge in [-0.1, -0.05) is 0 Å². The van der Waals surface area contributed by atoms with Gasteiger partial charge in [0.05, 0.1) is 6.54 Å². The van der Waals surface area contributed by atoms with Crippen LogP contribution in [0.2, 0.25) is 0 Å². The Hall–Kier alpha value is -2.18. The van der Waals surface area contributed by atoms with E-state index in [0.717, 1.165) is 29.6 Å². The van der Waals surface area contributed by atoms with Gasteiger partial charge in [0.2, 0.25) is 0 Å². The van der Waals surface area contributed by atoms with Crippen molar-refractivity contribution >= 4 is 11.6 Å². The number of aryl methyl sites for hydroxylation is 1. The van der Waals surface area contributed by atoms with Gasteiger partial charge in [-0.3, -0.25) is 4.68 Å². The second kappa shape index (κ2) is 5.44. The van der Waals surface area contributed by atoms with Crippen molar-refractivity contribution in [1.82, 2.24) is 24.7 Å². The standard InChI is InChI=1S/C11H17N7/c1-4-12-10-8(2)11(15-6-14-10)13-5-9-16-7-18(3)17-9/h6-7H,4-5H2,1-3H3,(H2,12,13,14,15). The molecule has 0 aliphatic heterocycles. The first kappa shape index (κ1) is 12.3. The van der Waals surface area contributed by atoms with Crippen LogP contribution in [0.4, 0.5) is 11.6 Å². The van der Waals surface area contributed by atoms with Crippen LogP contribution in [0.15, 0.2) is 12.7 Å². The molecule has 0 bridgehead atoms. The molecule has 2 rings (SSSR count). The number of hydrogen-bond donors (Lipinski definition) is 2. The molecule has 18 heavy (non-hydrogen) atoms. The minimum atomic E-state index is 0.546. The van der Waals surface area contributed by atoms with Crippen LogP contribution in [0.1, 0.15) is 18.3 Å². The molecule has 0 amide bonds. The average Bonchev–Trinajstić information content (AvgIpc) is 2.77. The van der Waals surface area contributed by atoms with Crippen molar-refractivity contribution in [3.8, 4) is 0 Å². The quantitative estimate of drug-likeness (QED) is 0.819. The lowest BCUT2D eigenvalue weighted by molar-refractivity contribution is 0.746. The van der Waals surface area contributed by atoms with E-state index < -0.39 is 0 Å². The highest BCUT2D eigenvalue weighted by Gasteiger charge is 2.06. The molecule has 0 radical (unpaired) electrons. The molecular weight excluding hydrogens is 230 g/mol. The summed E-state index contributed by atoms with van der Waals surface area (Å²) < 4.78 is 1.67. The summed E-state index contributed by atoms with van der Waals surface area (Å²) in [6.07, 6.45) is 3.22. The highest BCUT2D eigenvalue weighted by atomic mass is 15.3. The number of rotatable bonds is 5. The minimum Gasteiger partial charge on any atom is -0.370 e. The Morgan fingerprint density at radius 1 is 1.17 bits per heavy atom. The molecule has 0 aliphatic rings. The van der Waals surface area contributed by atoms with Crippen molar-refractivity contribution in [1.29, 1.82) is 0 Å². The molecule has 7 nitrogen and oxygen atoms in total. The van der Waals surface area contributed by atoms with Crippen LogP contribution >= 0.6 is 0 Å². The zero-order chi connectivity index (χ0) is 13.0. The van der Waals surface area contributed by atoms with Gasteiger partial charge in [-0.05, 0) is 13.8 Å². The van der Waals surface area contributed by atoms with E-state index in [1.54, 1.807) is 17.3 Å². The maximum Gasteiger partial charge on any atom is 0.169 e. The van der Waals surface area contributed by atoms with Gasteiger partial charge in [0.25, 0.3) is 0 Å². The van der Waals surface area contributed by atoms with E-state index in [1.165, 1.54) is 0 Å². The smallest absolute Gasteiger partial charge is 0.169 e. The molecule has 7 heteroatoms. The van der Waals surface area contributed by atoms with E-state index in [4.69, 9.17) is 0 Å². The number of nitrogens with one attached hydrogen (secondary N) is 2. The number of hydrogen-bond acceptors (Lipinski definition) is 6. The summed E-state index contributed by atoms with van der Waals surface area (Å²) in [5.74, 6) is 2.39. The van der Waals surface area contributed by atoms with Crippen LogP contribution in [0, 0.1) is 6.92 Å². The second-order valence-corrected chi connectivity index (χ2v) is 3.91. The zero-order valence-corrected chi connectivity index (χ0v) is 10.8. The Labute approximate surface area is 106 Å². The lowest BCUT2D eigenvalue weighted by Gasteiger charge is -2.10. The summed E-state index contributed by atoms with van der Waals surface area (Å²) in [7, 11) is 1.84. The van der Waals surface area contributed by atoms with E-state index in [2.05, 4.69) is 30.7 Å². The molecule has 0 saturated heterocycles. The van der Waals surface area contributed by atoms with Crippen LogP contribution < -0.4 is 10.6 Å². The van der Waals surface area contributed by atoms with E-state index in [9.17, 15) is 0 Å². The topological polar surface area (TPSA) is 80.5 Å². The third kappa shape index (κ3) is 2.73. The summed E-state index contributed by atoms with van der Waals surface area (Å²) in [6, 6.07) is 0. The summed E-state index contributed by atoms with van der Waals surface area (Å²) in [4.78, 5) is 12.6. The number of nitrogens with zero attached hydrogens (tertiary/aromatic N) is 5. The van der Waals surface area contributed by atoms with E-state index in [0.29, 0.717) is 6.54 Å². The zero-order valence-electron chi connectivity index (χ0n) is 10.8. The molecule has 0 unspecified atom stereocenters. The van der Waals surface area contributed by atoms with Gasteiger partial charge in [0.1, 0.15) is 24.3 Å². The Balaban J connectivity index is 2.07. The minimum absolute atomic E-state index is 0.546. The van der Waals surface area contributed by atoms with Crippen molar-refractivity contribution < 1.29 is 0 Å². The van der Waals surface area contributed by atoms with Crippen LogP contribution in [0.25, 0.3) is 0 Å². The number of anilines is 2. The van der Waals surface area contributed by atoms with E-state index in [-0.39, 0.29) is 0 Å². The molecule has 2 N–H and O–H groups in total. The average molecular weight is 247 g/mol. The fourth-order valence-electron chi connectivity index (χ4n) is 1.60. The Kier molecular flexibility index (Phi) is 3.71. The van der Waals surface area contributed by atoms with Gasteiger partial charge < -0.3 is 10.6 Å². The molecule has 0 aliphatic carbocycles. The normalized spacial score (nSPS) is 10.4. The molecule has 2 aromatic heterocycles. The maximum absolute atomic E-state index is 4.22. The molecule has 0 aromatic carbocycles. The fourth-order valence-corrected chi connectivity index (χ4v) is 1.60. The molecule has 2 aromatic rings. The van der Waals surface area contributed by atoms with Crippen molar-refractivity contribution in [2.24, 2.45) is 7.05 Å². The molecule has 0 fully saturated rings. The monoisotopic (exact) mass is 247 g/mol. The number of aromatic nitrogens is 5. The molecule has 0 atom stereocenters. The molecule has 0 saturated carbocycles. The first-order chi connectivity index (χ1) is 8.70. The lowest BCUT2D eigenvalue weighted by Crippen LogP contribution is -2.09. The summed E-state index contributed by atoms with van der Waals surface area (Å²) in [6.45, 7) is 5.39. The Bertz CT molecular complexity index is 520. The van der Waals surface area contributed by atoms with Crippen molar-refractivity contribution in [2.75, 3.05) is 17.2 Å². The van der Waals surface area contributed by atoms with E-state index in [1.807, 2.05) is 20.9 Å². The maximum atomic E-state index is 4.22. The van der Waals surface area contributed by atoms with Crippen molar-refractivity contribution in [2.45, 2.75) is 20.4 Å². The molecule has 96 valence electrons. The van der Waals surface area contributed by atoms with Crippen LogP contribution in [-0.4, -0.2) is 31.3 Å². The highest BCUT2D eigenvalue weighted by molar-refractivity contribution is 5.56. The summed E-state index contributed by atoms with van der Waals surface area (Å²) in [5.41, 5.74) is 0.996.